The van der Waals surface area contributed by atoms with Gasteiger partial charge in [0.1, 0.15) is 0 Å². The summed E-state index contributed by atoms with van der Waals surface area (Å²) in [5.74, 6) is 0.923. The maximum Gasteiger partial charge on any atom is 0.223 e. The smallest absolute Gasteiger partial charge is 0.223 e. The van der Waals surface area contributed by atoms with Gasteiger partial charge in [-0.2, -0.15) is 0 Å². The minimum atomic E-state index is 0.117. The Balaban J connectivity index is 1.86. The summed E-state index contributed by atoms with van der Waals surface area (Å²) in [6.45, 7) is 0.993. The van der Waals surface area contributed by atoms with E-state index >= 15 is 0 Å². The van der Waals surface area contributed by atoms with Crippen molar-refractivity contribution in [3.63, 3.8) is 0 Å². The van der Waals surface area contributed by atoms with Crippen molar-refractivity contribution in [2.45, 2.75) is 38.1 Å². The fraction of sp³-hybridized carbons (Fsp3) is 0.900. The van der Waals surface area contributed by atoms with Crippen molar-refractivity contribution >= 4 is 5.91 Å². The van der Waals surface area contributed by atoms with Crippen molar-refractivity contribution in [3.8, 4) is 0 Å². The molecule has 2 fully saturated rings. The number of likely N-dealkylation sites (tertiary alicyclic amines) is 1. The third kappa shape index (κ3) is 2.02. The summed E-state index contributed by atoms with van der Waals surface area (Å²) in [6, 6.07) is 0.117. The number of aliphatic hydroxyl groups excluding tert-OH is 1. The molecule has 1 unspecified atom stereocenters. The van der Waals surface area contributed by atoms with Gasteiger partial charge in [-0.1, -0.05) is 0 Å². The molecule has 1 atom stereocenters. The molecule has 1 saturated carbocycles. The molecule has 13 heavy (non-hydrogen) atoms. The highest BCUT2D eigenvalue weighted by Crippen LogP contribution is 2.33. The Kier molecular flexibility index (Phi) is 2.54. The summed E-state index contributed by atoms with van der Waals surface area (Å²) in [4.78, 5) is 13.6. The molecule has 0 radical (unpaired) electrons. The lowest BCUT2D eigenvalue weighted by molar-refractivity contribution is -0.133. The van der Waals surface area contributed by atoms with E-state index in [0.29, 0.717) is 5.92 Å². The number of amides is 1. The topological polar surface area (TPSA) is 40.5 Å². The Morgan fingerprint density at radius 1 is 1.38 bits per heavy atom. The third-order valence-corrected chi connectivity index (χ3v) is 3.07. The molecule has 0 spiro atoms. The lowest BCUT2D eigenvalue weighted by Crippen LogP contribution is -2.37. The van der Waals surface area contributed by atoms with Gasteiger partial charge in [-0.15, -0.1) is 0 Å². The van der Waals surface area contributed by atoms with Crippen molar-refractivity contribution in [2.24, 2.45) is 5.92 Å². The maximum atomic E-state index is 11.7. The monoisotopic (exact) mass is 183 g/mol. The van der Waals surface area contributed by atoms with Crippen LogP contribution < -0.4 is 0 Å². The summed E-state index contributed by atoms with van der Waals surface area (Å²) in [6.07, 6.45) is 5.21. The van der Waals surface area contributed by atoms with E-state index in [-0.39, 0.29) is 18.6 Å². The first-order valence-corrected chi connectivity index (χ1v) is 5.21. The molecular formula is C10H17NO2. The lowest BCUT2D eigenvalue weighted by atomic mass is 10.2. The lowest BCUT2D eigenvalue weighted by Gasteiger charge is -2.22. The van der Waals surface area contributed by atoms with Crippen LogP contribution in [0.1, 0.15) is 32.1 Å². The van der Waals surface area contributed by atoms with Crippen molar-refractivity contribution < 1.29 is 9.90 Å². The first-order chi connectivity index (χ1) is 6.31. The zero-order chi connectivity index (χ0) is 9.26. The van der Waals surface area contributed by atoms with Crippen LogP contribution in [0, 0.1) is 5.92 Å². The van der Waals surface area contributed by atoms with Crippen LogP contribution in [0.15, 0.2) is 0 Å². The van der Waals surface area contributed by atoms with Crippen LogP contribution in [-0.4, -0.2) is 35.1 Å². The first kappa shape index (κ1) is 9.00. The number of aliphatic hydroxyl groups is 1. The van der Waals surface area contributed by atoms with Crippen molar-refractivity contribution in [1.29, 1.82) is 0 Å². The van der Waals surface area contributed by atoms with Gasteiger partial charge in [0.2, 0.25) is 5.91 Å². The molecule has 1 heterocycles. The largest absolute Gasteiger partial charge is 0.394 e. The Morgan fingerprint density at radius 3 is 2.77 bits per heavy atom. The summed E-state index contributed by atoms with van der Waals surface area (Å²) >= 11 is 0. The first-order valence-electron chi connectivity index (χ1n) is 5.21. The molecule has 0 bridgehead atoms. The number of hydrogen-bond donors (Lipinski definition) is 1. The van der Waals surface area contributed by atoms with Gasteiger partial charge in [-0.25, -0.2) is 0 Å². The Morgan fingerprint density at radius 2 is 2.15 bits per heavy atom. The van der Waals surface area contributed by atoms with Gasteiger partial charge in [-0.05, 0) is 31.6 Å². The van der Waals surface area contributed by atoms with Gasteiger partial charge in [0.05, 0.1) is 12.6 Å². The van der Waals surface area contributed by atoms with E-state index in [1.807, 2.05) is 4.90 Å². The van der Waals surface area contributed by atoms with Crippen LogP contribution in [0.25, 0.3) is 0 Å². The minimum Gasteiger partial charge on any atom is -0.394 e. The molecule has 1 amide bonds. The van der Waals surface area contributed by atoms with Gasteiger partial charge >= 0.3 is 0 Å². The van der Waals surface area contributed by atoms with Gasteiger partial charge in [0, 0.05) is 13.0 Å². The van der Waals surface area contributed by atoms with Gasteiger partial charge in [0.25, 0.3) is 0 Å². The van der Waals surface area contributed by atoms with E-state index in [1.54, 1.807) is 0 Å². The molecule has 2 rings (SSSR count). The molecule has 2 aliphatic rings. The molecule has 74 valence electrons. The molecule has 1 saturated heterocycles. The second kappa shape index (κ2) is 3.66. The molecular weight excluding hydrogens is 166 g/mol. The number of carbonyl (C=O) groups is 1. The fourth-order valence-electron chi connectivity index (χ4n) is 2.04. The standard InChI is InChI=1S/C10H17NO2/c12-7-9-2-1-5-11(9)10(13)6-8-3-4-8/h8-9,12H,1-7H2. The van der Waals surface area contributed by atoms with E-state index < -0.39 is 0 Å². The zero-order valence-corrected chi connectivity index (χ0v) is 7.91. The van der Waals surface area contributed by atoms with Crippen LogP contribution in [0.4, 0.5) is 0 Å². The van der Waals surface area contributed by atoms with Crippen molar-refractivity contribution in [2.75, 3.05) is 13.2 Å². The van der Waals surface area contributed by atoms with Crippen LogP contribution in [-0.2, 0) is 4.79 Å². The van der Waals surface area contributed by atoms with Gasteiger partial charge < -0.3 is 10.0 Å². The molecule has 3 heteroatoms. The summed E-state index contributed by atoms with van der Waals surface area (Å²) in [5, 5.41) is 9.04. The van der Waals surface area contributed by atoms with Crippen molar-refractivity contribution in [1.82, 2.24) is 4.90 Å². The normalized spacial score (nSPS) is 28.1. The molecule has 1 N–H and O–H groups in total. The maximum absolute atomic E-state index is 11.7. The highest BCUT2D eigenvalue weighted by Gasteiger charge is 2.32. The Labute approximate surface area is 78.7 Å². The number of carbonyl (C=O) groups excluding carboxylic acids is 1. The summed E-state index contributed by atoms with van der Waals surface area (Å²) in [5.41, 5.74) is 0. The highest BCUT2D eigenvalue weighted by molar-refractivity contribution is 5.77. The van der Waals surface area contributed by atoms with Gasteiger partial charge in [0.15, 0.2) is 0 Å². The second-order valence-electron chi connectivity index (χ2n) is 4.21. The average Bonchev–Trinajstić information content (AvgIpc) is 2.82. The minimum absolute atomic E-state index is 0.117. The number of rotatable bonds is 3. The highest BCUT2D eigenvalue weighted by atomic mass is 16.3. The van der Waals surface area contributed by atoms with E-state index in [0.717, 1.165) is 25.8 Å². The van der Waals surface area contributed by atoms with Crippen LogP contribution in [0.5, 0.6) is 0 Å². The molecule has 0 aromatic carbocycles. The zero-order valence-electron chi connectivity index (χ0n) is 7.91. The summed E-state index contributed by atoms with van der Waals surface area (Å²) in [7, 11) is 0. The molecule has 3 nitrogen and oxygen atoms in total. The second-order valence-corrected chi connectivity index (χ2v) is 4.21. The SMILES string of the molecule is O=C(CC1CC1)N1CCCC1CO. The predicted molar refractivity (Wildman–Crippen MR) is 49.2 cm³/mol. The van der Waals surface area contributed by atoms with E-state index in [1.165, 1.54) is 12.8 Å². The predicted octanol–water partition coefficient (Wildman–Crippen LogP) is 0.770. The van der Waals surface area contributed by atoms with Crippen molar-refractivity contribution in [3.05, 3.63) is 0 Å². The molecule has 0 aromatic rings. The van der Waals surface area contributed by atoms with Crippen LogP contribution in [0.2, 0.25) is 0 Å². The average molecular weight is 183 g/mol. The summed E-state index contributed by atoms with van der Waals surface area (Å²) < 4.78 is 0. The quantitative estimate of drug-likeness (QED) is 0.702. The third-order valence-electron chi connectivity index (χ3n) is 3.07. The van der Waals surface area contributed by atoms with Gasteiger partial charge in [-0.3, -0.25) is 4.79 Å². The molecule has 1 aliphatic heterocycles. The number of nitrogens with zero attached hydrogens (tertiary/aromatic N) is 1. The fourth-order valence-corrected chi connectivity index (χ4v) is 2.04. The molecule has 0 aromatic heterocycles. The number of hydrogen-bond acceptors (Lipinski definition) is 2. The molecule has 1 aliphatic carbocycles. The van der Waals surface area contributed by atoms with Crippen LogP contribution >= 0.6 is 0 Å². The van der Waals surface area contributed by atoms with E-state index in [2.05, 4.69) is 0 Å². The Hall–Kier alpha value is -0.570. The van der Waals surface area contributed by atoms with Crippen LogP contribution in [0.3, 0.4) is 0 Å². The van der Waals surface area contributed by atoms with E-state index in [9.17, 15) is 4.79 Å². The van der Waals surface area contributed by atoms with E-state index in [4.69, 9.17) is 5.11 Å². The Bertz CT molecular complexity index is 201.